The van der Waals surface area contributed by atoms with Crippen LogP contribution in [-0.4, -0.2) is 47.7 Å². The normalized spacial score (nSPS) is 18.9. The highest BCUT2D eigenvalue weighted by Crippen LogP contribution is 2.14. The number of hydrogen-bond acceptors (Lipinski definition) is 3. The number of carboxylic acids is 1. The number of benzene rings is 1. The molecule has 1 heterocycles. The smallest absolute Gasteiger partial charge is 0.305 e. The van der Waals surface area contributed by atoms with Gasteiger partial charge in [-0.1, -0.05) is 29.8 Å². The molecule has 0 bridgehead atoms. The molecule has 20 heavy (non-hydrogen) atoms. The summed E-state index contributed by atoms with van der Waals surface area (Å²) < 4.78 is 5.27. The fourth-order valence-electron chi connectivity index (χ4n) is 2.34. The molecule has 1 aromatic carbocycles. The number of hydrogen-bond donors (Lipinski definition) is 1. The third-order valence-electron chi connectivity index (χ3n) is 3.43. The molecule has 5 heteroatoms. The molecular weight excluding hydrogens is 258 g/mol. The monoisotopic (exact) mass is 277 g/mol. The van der Waals surface area contributed by atoms with Gasteiger partial charge in [0.1, 0.15) is 0 Å². The van der Waals surface area contributed by atoms with Crippen LogP contribution in [0.5, 0.6) is 0 Å². The maximum Gasteiger partial charge on any atom is 0.305 e. The van der Waals surface area contributed by atoms with Gasteiger partial charge in [0.25, 0.3) is 0 Å². The van der Waals surface area contributed by atoms with Crippen LogP contribution < -0.4 is 0 Å². The van der Waals surface area contributed by atoms with Crippen LogP contribution in [0.4, 0.5) is 0 Å². The first kappa shape index (κ1) is 14.5. The molecule has 1 N–H and O–H groups in total. The molecule has 1 amide bonds. The number of ether oxygens (including phenoxy) is 1. The number of aryl methyl sites for hydroxylation is 1. The highest BCUT2D eigenvalue weighted by atomic mass is 16.5. The van der Waals surface area contributed by atoms with Crippen molar-refractivity contribution < 1.29 is 19.4 Å². The number of aliphatic carboxylic acids is 1. The first-order valence-electron chi connectivity index (χ1n) is 6.71. The van der Waals surface area contributed by atoms with Crippen LogP contribution in [0.15, 0.2) is 24.3 Å². The Morgan fingerprint density at radius 3 is 2.70 bits per heavy atom. The van der Waals surface area contributed by atoms with Gasteiger partial charge in [-0.3, -0.25) is 9.59 Å². The number of carbonyl (C=O) groups excluding carboxylic acids is 1. The summed E-state index contributed by atoms with van der Waals surface area (Å²) in [6.07, 6.45) is 0.232. The lowest BCUT2D eigenvalue weighted by molar-refractivity contribution is -0.145. The minimum atomic E-state index is -0.909. The average Bonchev–Trinajstić information content (AvgIpc) is 2.41. The Bertz CT molecular complexity index is 483. The van der Waals surface area contributed by atoms with Gasteiger partial charge in [0.15, 0.2) is 0 Å². The first-order chi connectivity index (χ1) is 9.56. The molecule has 0 aliphatic carbocycles. The summed E-state index contributed by atoms with van der Waals surface area (Å²) in [6.45, 7) is 3.22. The average molecular weight is 277 g/mol. The van der Waals surface area contributed by atoms with Crippen molar-refractivity contribution in [2.24, 2.45) is 0 Å². The Morgan fingerprint density at radius 2 is 2.05 bits per heavy atom. The molecule has 1 aliphatic heterocycles. The van der Waals surface area contributed by atoms with Gasteiger partial charge in [-0.2, -0.15) is 0 Å². The van der Waals surface area contributed by atoms with Crippen LogP contribution in [0.2, 0.25) is 0 Å². The summed E-state index contributed by atoms with van der Waals surface area (Å²) >= 11 is 0. The highest BCUT2D eigenvalue weighted by Gasteiger charge is 2.28. The van der Waals surface area contributed by atoms with E-state index in [2.05, 4.69) is 0 Å². The zero-order valence-electron chi connectivity index (χ0n) is 11.5. The summed E-state index contributed by atoms with van der Waals surface area (Å²) in [6, 6.07) is 7.44. The van der Waals surface area contributed by atoms with E-state index in [1.807, 2.05) is 31.2 Å². The van der Waals surface area contributed by atoms with Crippen LogP contribution in [-0.2, 0) is 20.7 Å². The number of carboxylic acid groups (broad SMARTS) is 1. The van der Waals surface area contributed by atoms with Crippen LogP contribution in [0, 0.1) is 6.92 Å². The number of carbonyl (C=O) groups is 2. The molecule has 1 aromatic rings. The standard InChI is InChI=1S/C15H19NO4/c1-11-2-4-12(5-3-11)8-14(17)16-6-7-20-10-13(16)9-15(18)19/h2-5,13H,6-10H2,1H3,(H,18,19). The molecule has 108 valence electrons. The third-order valence-corrected chi connectivity index (χ3v) is 3.43. The maximum atomic E-state index is 12.3. The summed E-state index contributed by atoms with van der Waals surface area (Å²) in [5, 5.41) is 8.89. The second-order valence-corrected chi connectivity index (χ2v) is 5.08. The molecule has 0 radical (unpaired) electrons. The van der Waals surface area contributed by atoms with Gasteiger partial charge in [-0.25, -0.2) is 0 Å². The molecule has 1 fully saturated rings. The molecule has 1 saturated heterocycles. The molecule has 0 spiro atoms. The van der Waals surface area contributed by atoms with Crippen LogP contribution in [0.1, 0.15) is 17.5 Å². The fourth-order valence-corrected chi connectivity index (χ4v) is 2.34. The number of morpholine rings is 1. The van der Waals surface area contributed by atoms with Crippen molar-refractivity contribution in [1.29, 1.82) is 0 Å². The summed E-state index contributed by atoms with van der Waals surface area (Å²) in [4.78, 5) is 24.8. The van der Waals surface area contributed by atoms with E-state index >= 15 is 0 Å². The quantitative estimate of drug-likeness (QED) is 0.899. The Balaban J connectivity index is 2.01. The zero-order chi connectivity index (χ0) is 14.5. The second-order valence-electron chi connectivity index (χ2n) is 5.08. The van der Waals surface area contributed by atoms with Crippen molar-refractivity contribution in [2.45, 2.75) is 25.8 Å². The molecule has 1 unspecified atom stereocenters. The predicted molar refractivity (Wildman–Crippen MR) is 73.5 cm³/mol. The molecular formula is C15H19NO4. The van der Waals surface area contributed by atoms with Gasteiger partial charge in [-0.15, -0.1) is 0 Å². The largest absolute Gasteiger partial charge is 0.481 e. The SMILES string of the molecule is Cc1ccc(CC(=O)N2CCOCC2CC(=O)O)cc1. The van der Waals surface area contributed by atoms with Gasteiger partial charge in [0, 0.05) is 6.54 Å². The van der Waals surface area contributed by atoms with E-state index in [0.29, 0.717) is 26.2 Å². The number of rotatable bonds is 4. The lowest BCUT2D eigenvalue weighted by Gasteiger charge is -2.35. The predicted octanol–water partition coefficient (Wildman–Crippen LogP) is 1.24. The van der Waals surface area contributed by atoms with E-state index in [1.165, 1.54) is 0 Å². The Hall–Kier alpha value is -1.88. The number of amides is 1. The second kappa shape index (κ2) is 6.52. The minimum absolute atomic E-state index is 0.0385. The van der Waals surface area contributed by atoms with Gasteiger partial charge < -0.3 is 14.7 Å². The Labute approximate surface area is 118 Å². The molecule has 0 aromatic heterocycles. The number of nitrogens with zero attached hydrogens (tertiary/aromatic N) is 1. The summed E-state index contributed by atoms with van der Waals surface area (Å²) in [5.41, 5.74) is 2.09. The van der Waals surface area contributed by atoms with Gasteiger partial charge in [0.2, 0.25) is 5.91 Å². The Kier molecular flexibility index (Phi) is 4.74. The van der Waals surface area contributed by atoms with Crippen LogP contribution in [0.25, 0.3) is 0 Å². The first-order valence-corrected chi connectivity index (χ1v) is 6.71. The van der Waals surface area contributed by atoms with Crippen molar-refractivity contribution in [2.75, 3.05) is 19.8 Å². The lowest BCUT2D eigenvalue weighted by Crippen LogP contribution is -2.50. The summed E-state index contributed by atoms with van der Waals surface area (Å²) in [7, 11) is 0. The lowest BCUT2D eigenvalue weighted by atomic mass is 10.1. The Morgan fingerprint density at radius 1 is 1.35 bits per heavy atom. The van der Waals surface area contributed by atoms with E-state index in [-0.39, 0.29) is 18.4 Å². The van der Waals surface area contributed by atoms with Crippen molar-refractivity contribution in [3.63, 3.8) is 0 Å². The van der Waals surface area contributed by atoms with Crippen molar-refractivity contribution in [3.8, 4) is 0 Å². The van der Waals surface area contributed by atoms with E-state index in [9.17, 15) is 9.59 Å². The molecule has 2 rings (SSSR count). The van der Waals surface area contributed by atoms with Crippen molar-refractivity contribution in [3.05, 3.63) is 35.4 Å². The fraction of sp³-hybridized carbons (Fsp3) is 0.467. The van der Waals surface area contributed by atoms with E-state index < -0.39 is 5.97 Å². The van der Waals surface area contributed by atoms with Crippen molar-refractivity contribution >= 4 is 11.9 Å². The van der Waals surface area contributed by atoms with E-state index in [1.54, 1.807) is 4.90 Å². The maximum absolute atomic E-state index is 12.3. The topological polar surface area (TPSA) is 66.8 Å². The minimum Gasteiger partial charge on any atom is -0.481 e. The zero-order valence-corrected chi connectivity index (χ0v) is 11.5. The highest BCUT2D eigenvalue weighted by molar-refractivity contribution is 5.80. The molecule has 1 aliphatic rings. The van der Waals surface area contributed by atoms with Gasteiger partial charge >= 0.3 is 5.97 Å². The molecule has 0 saturated carbocycles. The van der Waals surface area contributed by atoms with E-state index in [4.69, 9.17) is 9.84 Å². The van der Waals surface area contributed by atoms with Crippen LogP contribution in [0.3, 0.4) is 0 Å². The van der Waals surface area contributed by atoms with Crippen LogP contribution >= 0.6 is 0 Å². The van der Waals surface area contributed by atoms with E-state index in [0.717, 1.165) is 11.1 Å². The molecule has 5 nitrogen and oxygen atoms in total. The van der Waals surface area contributed by atoms with Gasteiger partial charge in [-0.05, 0) is 12.5 Å². The van der Waals surface area contributed by atoms with Crippen molar-refractivity contribution in [1.82, 2.24) is 4.90 Å². The van der Waals surface area contributed by atoms with Gasteiger partial charge in [0.05, 0.1) is 32.1 Å². The molecule has 1 atom stereocenters. The third kappa shape index (κ3) is 3.81. The summed E-state index contributed by atoms with van der Waals surface area (Å²) in [5.74, 6) is -0.947.